The van der Waals surface area contributed by atoms with Gasteiger partial charge in [0, 0.05) is 16.8 Å². The molecule has 0 aliphatic heterocycles. The SMILES string of the molecule is COc1ccc(C(=O)NCc2nnc(SCC(=O)c3ccccc3)n2-c2ccc(OC)cc2)cc1. The van der Waals surface area contributed by atoms with Crippen molar-refractivity contribution in [3.05, 3.63) is 95.8 Å². The van der Waals surface area contributed by atoms with E-state index in [1.165, 1.54) is 11.8 Å². The third kappa shape index (κ3) is 5.88. The van der Waals surface area contributed by atoms with E-state index in [2.05, 4.69) is 15.5 Å². The van der Waals surface area contributed by atoms with Crippen molar-refractivity contribution in [2.75, 3.05) is 20.0 Å². The van der Waals surface area contributed by atoms with Crippen LogP contribution in [0.3, 0.4) is 0 Å². The lowest BCUT2D eigenvalue weighted by Crippen LogP contribution is -2.24. The van der Waals surface area contributed by atoms with Crippen molar-refractivity contribution < 1.29 is 19.1 Å². The smallest absolute Gasteiger partial charge is 0.251 e. The molecule has 0 bridgehead atoms. The molecule has 0 saturated heterocycles. The van der Waals surface area contributed by atoms with Crippen LogP contribution in [-0.2, 0) is 6.54 Å². The van der Waals surface area contributed by atoms with Crippen LogP contribution < -0.4 is 14.8 Å². The number of aromatic nitrogens is 3. The molecular formula is C26H24N4O4S. The highest BCUT2D eigenvalue weighted by Crippen LogP contribution is 2.25. The second-order valence-electron chi connectivity index (χ2n) is 7.42. The number of benzene rings is 3. The Hall–Kier alpha value is -4.11. The van der Waals surface area contributed by atoms with Crippen LogP contribution in [0.25, 0.3) is 5.69 Å². The molecule has 0 fully saturated rings. The van der Waals surface area contributed by atoms with Crippen LogP contribution in [0.2, 0.25) is 0 Å². The third-order valence-corrected chi connectivity index (χ3v) is 6.15. The van der Waals surface area contributed by atoms with Crippen LogP contribution in [0, 0.1) is 0 Å². The predicted molar refractivity (Wildman–Crippen MR) is 134 cm³/mol. The maximum absolute atomic E-state index is 12.7. The number of amides is 1. The summed E-state index contributed by atoms with van der Waals surface area (Å²) in [7, 11) is 3.18. The van der Waals surface area contributed by atoms with Crippen molar-refractivity contribution in [2.24, 2.45) is 0 Å². The molecular weight excluding hydrogens is 464 g/mol. The monoisotopic (exact) mass is 488 g/mol. The number of ether oxygens (including phenoxy) is 2. The Morgan fingerprint density at radius 3 is 2.09 bits per heavy atom. The maximum Gasteiger partial charge on any atom is 0.251 e. The summed E-state index contributed by atoms with van der Waals surface area (Å²) >= 11 is 1.29. The average Bonchev–Trinajstić information content (AvgIpc) is 3.33. The lowest BCUT2D eigenvalue weighted by molar-refractivity contribution is 0.0948. The summed E-state index contributed by atoms with van der Waals surface area (Å²) in [6.45, 7) is 0.150. The van der Waals surface area contributed by atoms with Crippen molar-refractivity contribution in [3.8, 4) is 17.2 Å². The molecule has 3 aromatic carbocycles. The summed E-state index contributed by atoms with van der Waals surface area (Å²) in [5, 5.41) is 12.0. The molecule has 1 amide bonds. The van der Waals surface area contributed by atoms with Crippen LogP contribution in [0.5, 0.6) is 11.5 Å². The normalized spacial score (nSPS) is 10.6. The highest BCUT2D eigenvalue weighted by molar-refractivity contribution is 7.99. The number of nitrogens with one attached hydrogen (secondary N) is 1. The Bertz CT molecular complexity index is 1290. The summed E-state index contributed by atoms with van der Waals surface area (Å²) in [6.07, 6.45) is 0. The zero-order valence-corrected chi connectivity index (χ0v) is 20.1. The van der Waals surface area contributed by atoms with E-state index in [0.29, 0.717) is 33.6 Å². The fourth-order valence-corrected chi connectivity index (χ4v) is 4.21. The van der Waals surface area contributed by atoms with E-state index < -0.39 is 0 Å². The number of Topliss-reactive ketones (excluding diaryl/α,β-unsaturated/α-hetero) is 1. The van der Waals surface area contributed by atoms with Gasteiger partial charge in [-0.1, -0.05) is 42.1 Å². The molecule has 1 aromatic heterocycles. The molecule has 0 aliphatic carbocycles. The number of rotatable bonds is 10. The summed E-state index contributed by atoms with van der Waals surface area (Å²) < 4.78 is 12.2. The molecule has 0 saturated carbocycles. The molecule has 0 spiro atoms. The molecule has 1 N–H and O–H groups in total. The number of thioether (sulfide) groups is 1. The second-order valence-corrected chi connectivity index (χ2v) is 8.36. The fourth-order valence-electron chi connectivity index (χ4n) is 3.34. The zero-order valence-electron chi connectivity index (χ0n) is 19.3. The lowest BCUT2D eigenvalue weighted by Gasteiger charge is -2.12. The minimum Gasteiger partial charge on any atom is -0.497 e. The standard InChI is InChI=1S/C26H24N4O4S/c1-33-21-12-8-19(9-13-21)25(32)27-16-24-28-29-26(30(24)20-10-14-22(34-2)15-11-20)35-17-23(31)18-6-4-3-5-7-18/h3-15H,16-17H2,1-2H3,(H,27,32). The molecule has 35 heavy (non-hydrogen) atoms. The Balaban J connectivity index is 1.54. The molecule has 4 rings (SSSR count). The van der Waals surface area contributed by atoms with Gasteiger partial charge >= 0.3 is 0 Å². The highest BCUT2D eigenvalue weighted by atomic mass is 32.2. The minimum atomic E-state index is -0.245. The number of hydrogen-bond donors (Lipinski definition) is 1. The van der Waals surface area contributed by atoms with Crippen LogP contribution in [-0.4, -0.2) is 46.4 Å². The van der Waals surface area contributed by atoms with E-state index in [1.807, 2.05) is 47.0 Å². The second kappa shape index (κ2) is 11.3. The molecule has 8 nitrogen and oxygen atoms in total. The van der Waals surface area contributed by atoms with Crippen molar-refractivity contribution >= 4 is 23.5 Å². The predicted octanol–water partition coefficient (Wildman–Crippen LogP) is 4.19. The van der Waals surface area contributed by atoms with Crippen molar-refractivity contribution in [3.63, 3.8) is 0 Å². The highest BCUT2D eigenvalue weighted by Gasteiger charge is 2.18. The fraction of sp³-hybridized carbons (Fsp3) is 0.154. The van der Waals surface area contributed by atoms with Gasteiger partial charge in [0.05, 0.1) is 26.5 Å². The first kappa shape index (κ1) is 24.0. The zero-order chi connectivity index (χ0) is 24.6. The summed E-state index contributed by atoms with van der Waals surface area (Å²) in [6, 6.07) is 23.4. The molecule has 0 radical (unpaired) electrons. The maximum atomic E-state index is 12.7. The van der Waals surface area contributed by atoms with Crippen molar-refractivity contribution in [1.29, 1.82) is 0 Å². The van der Waals surface area contributed by atoms with E-state index in [-0.39, 0.29) is 24.0 Å². The first-order valence-corrected chi connectivity index (χ1v) is 11.8. The number of nitrogens with zero attached hydrogens (tertiary/aromatic N) is 3. The van der Waals surface area contributed by atoms with Crippen LogP contribution >= 0.6 is 11.8 Å². The van der Waals surface area contributed by atoms with E-state index in [9.17, 15) is 9.59 Å². The molecule has 1 heterocycles. The topological polar surface area (TPSA) is 95.3 Å². The number of carbonyl (C=O) groups is 2. The summed E-state index contributed by atoms with van der Waals surface area (Å²) in [4.78, 5) is 25.3. The van der Waals surface area contributed by atoms with Gasteiger partial charge in [0.1, 0.15) is 11.5 Å². The number of hydrogen-bond acceptors (Lipinski definition) is 7. The lowest BCUT2D eigenvalue weighted by atomic mass is 10.2. The Kier molecular flexibility index (Phi) is 7.79. The quantitative estimate of drug-likeness (QED) is 0.264. The Morgan fingerprint density at radius 1 is 0.829 bits per heavy atom. The van der Waals surface area contributed by atoms with Gasteiger partial charge in [-0.25, -0.2) is 0 Å². The first-order valence-electron chi connectivity index (χ1n) is 10.8. The minimum absolute atomic E-state index is 0.00533. The van der Waals surface area contributed by atoms with Crippen LogP contribution in [0.4, 0.5) is 0 Å². The van der Waals surface area contributed by atoms with Gasteiger partial charge in [0.2, 0.25) is 0 Å². The van der Waals surface area contributed by atoms with Crippen molar-refractivity contribution in [2.45, 2.75) is 11.7 Å². The number of methoxy groups -OCH3 is 2. The third-order valence-electron chi connectivity index (χ3n) is 5.22. The molecule has 9 heteroatoms. The van der Waals surface area contributed by atoms with Gasteiger partial charge in [0.25, 0.3) is 5.91 Å². The average molecular weight is 489 g/mol. The Morgan fingerprint density at radius 2 is 1.46 bits per heavy atom. The van der Waals surface area contributed by atoms with Gasteiger partial charge in [-0.3, -0.25) is 14.2 Å². The van der Waals surface area contributed by atoms with Gasteiger partial charge in [-0.15, -0.1) is 10.2 Å². The van der Waals surface area contributed by atoms with Gasteiger partial charge in [-0.2, -0.15) is 0 Å². The first-order chi connectivity index (χ1) is 17.1. The van der Waals surface area contributed by atoms with E-state index in [1.54, 1.807) is 50.6 Å². The number of ketones is 1. The van der Waals surface area contributed by atoms with Crippen LogP contribution in [0.15, 0.2) is 84.0 Å². The molecule has 0 unspecified atom stereocenters. The van der Waals surface area contributed by atoms with E-state index in [0.717, 1.165) is 5.69 Å². The summed E-state index contributed by atoms with van der Waals surface area (Å²) in [5.74, 6) is 1.87. The molecule has 0 atom stereocenters. The van der Waals surface area contributed by atoms with E-state index >= 15 is 0 Å². The molecule has 0 aliphatic rings. The largest absolute Gasteiger partial charge is 0.497 e. The number of carbonyl (C=O) groups excluding carboxylic acids is 2. The Labute approximate surface area is 207 Å². The van der Waals surface area contributed by atoms with Crippen LogP contribution in [0.1, 0.15) is 26.5 Å². The molecule has 4 aromatic rings. The van der Waals surface area contributed by atoms with Gasteiger partial charge < -0.3 is 14.8 Å². The summed E-state index contributed by atoms with van der Waals surface area (Å²) in [5.41, 5.74) is 1.94. The van der Waals surface area contributed by atoms with Gasteiger partial charge in [0.15, 0.2) is 16.8 Å². The molecule has 178 valence electrons. The van der Waals surface area contributed by atoms with Crippen molar-refractivity contribution in [1.82, 2.24) is 20.1 Å². The van der Waals surface area contributed by atoms with Gasteiger partial charge in [-0.05, 0) is 48.5 Å². The van der Waals surface area contributed by atoms with E-state index in [4.69, 9.17) is 9.47 Å².